The molecule has 0 aliphatic heterocycles. The lowest BCUT2D eigenvalue weighted by atomic mass is 9.83. The highest BCUT2D eigenvalue weighted by Crippen LogP contribution is 2.41. The molecule has 2 aromatic carbocycles. The van der Waals surface area contributed by atoms with Crippen LogP contribution in [-0.4, -0.2) is 174 Å². The summed E-state index contributed by atoms with van der Waals surface area (Å²) in [4.78, 5) is 61.2. The maximum absolute atomic E-state index is 15.3. The third-order valence-corrected chi connectivity index (χ3v) is 13.5. The normalized spacial score (nSPS) is 12.5. The third-order valence-electron chi connectivity index (χ3n) is 10.8. The number of thioether (sulfide) groups is 1. The minimum absolute atomic E-state index is 0.0343. The van der Waals surface area contributed by atoms with Crippen LogP contribution in [0.4, 0.5) is 26.7 Å². The molecule has 18 nitrogen and oxygen atoms in total. The highest BCUT2D eigenvalue weighted by molar-refractivity contribution is 8.00. The standard InChI is InChI=1S/C49H76F2N6O10SSi.C2HF3O2/c1-49(2,3)46(43-30-38(40-31-39(50)14-15-41(40)51)34-56(43)33-37-12-8-7-9-13-37)57(19-10-16-55-48(62)67-28-29-69(4,5)6)45(59)36-68-35-42(47(60)61)53-17-11-20-63-22-24-65-26-27-66-25-23-64-21-18-54-44(58)32-52;3-2(4,5)1(6)7/h7-9,12-15,30-31,34,42,46,53H,10-11,16-29,32-33,35-36,52H2,1-6H3,(H,54,58)(H,55,62)(H,60,61);(H,6,7). The lowest BCUT2D eigenvalue weighted by molar-refractivity contribution is -0.192. The number of carboxylic acid groups (broad SMARTS) is 2. The van der Waals surface area contributed by atoms with Gasteiger partial charge < -0.3 is 65.0 Å². The van der Waals surface area contributed by atoms with Gasteiger partial charge in [-0.15, -0.1) is 11.8 Å². The van der Waals surface area contributed by atoms with Crippen molar-refractivity contribution in [3.63, 3.8) is 0 Å². The van der Waals surface area contributed by atoms with E-state index in [-0.39, 0.29) is 48.5 Å². The van der Waals surface area contributed by atoms with Crippen molar-refractivity contribution in [1.29, 1.82) is 0 Å². The number of aliphatic carboxylic acids is 2. The Morgan fingerprint density at radius 3 is 1.96 bits per heavy atom. The summed E-state index contributed by atoms with van der Waals surface area (Å²) in [5.41, 5.74) is 6.85. The van der Waals surface area contributed by atoms with Gasteiger partial charge >= 0.3 is 24.2 Å². The zero-order valence-corrected chi connectivity index (χ0v) is 46.1. The van der Waals surface area contributed by atoms with Crippen LogP contribution >= 0.6 is 11.8 Å². The largest absolute Gasteiger partial charge is 0.490 e. The Bertz CT molecular complexity index is 2200. The number of alkyl carbamates (subject to hydrolysis) is 1. The molecule has 3 aromatic rings. The number of halogens is 5. The van der Waals surface area contributed by atoms with Crippen molar-refractivity contribution >= 4 is 49.7 Å². The number of carbonyl (C=O) groups is 5. The monoisotopic (exact) mass is 1120 g/mol. The number of nitrogens with two attached hydrogens (primary N) is 1. The third kappa shape index (κ3) is 28.3. The summed E-state index contributed by atoms with van der Waals surface area (Å²) < 4.78 is 91.0. The quantitative estimate of drug-likeness (QED) is 0.0202. The van der Waals surface area contributed by atoms with Crippen molar-refractivity contribution in [3.8, 4) is 11.1 Å². The van der Waals surface area contributed by atoms with Crippen molar-refractivity contribution in [2.24, 2.45) is 11.1 Å². The lowest BCUT2D eigenvalue weighted by Gasteiger charge is -2.41. The molecule has 1 heterocycles. The Kier molecular flexibility index (Phi) is 31.1. The molecule has 0 radical (unpaired) electrons. The van der Waals surface area contributed by atoms with Crippen LogP contribution in [0.3, 0.4) is 0 Å². The van der Waals surface area contributed by atoms with E-state index in [0.29, 0.717) is 103 Å². The first kappa shape index (κ1) is 67.0. The fourth-order valence-electron chi connectivity index (χ4n) is 7.06. The van der Waals surface area contributed by atoms with E-state index in [2.05, 4.69) is 35.6 Å². The molecule has 0 saturated carbocycles. The van der Waals surface area contributed by atoms with Gasteiger partial charge in [0.1, 0.15) is 17.7 Å². The first-order chi connectivity index (χ1) is 35.8. The number of hydrogen-bond acceptors (Lipinski definition) is 13. The number of nitrogens with zero attached hydrogens (tertiary/aromatic N) is 2. The van der Waals surface area contributed by atoms with Crippen molar-refractivity contribution in [2.45, 2.75) is 84.1 Å². The minimum Gasteiger partial charge on any atom is -0.480 e. The zero-order valence-electron chi connectivity index (χ0n) is 44.3. The molecule has 0 fully saturated rings. The van der Waals surface area contributed by atoms with Gasteiger partial charge in [-0.3, -0.25) is 14.4 Å². The van der Waals surface area contributed by atoms with Gasteiger partial charge in [0, 0.05) is 69.6 Å². The molecule has 428 valence electrons. The number of aromatic nitrogens is 1. The van der Waals surface area contributed by atoms with Gasteiger partial charge in [-0.2, -0.15) is 13.2 Å². The van der Waals surface area contributed by atoms with Crippen molar-refractivity contribution in [1.82, 2.24) is 25.4 Å². The molecular formula is C51H77F5N6O12SSi. The second-order valence-electron chi connectivity index (χ2n) is 19.5. The minimum atomic E-state index is -5.08. The Morgan fingerprint density at radius 1 is 0.789 bits per heavy atom. The lowest BCUT2D eigenvalue weighted by Crippen LogP contribution is -2.45. The van der Waals surface area contributed by atoms with Gasteiger partial charge in [-0.1, -0.05) is 70.7 Å². The molecule has 0 spiro atoms. The predicted molar refractivity (Wildman–Crippen MR) is 282 cm³/mol. The summed E-state index contributed by atoms with van der Waals surface area (Å²) in [5, 5.41) is 25.7. The Labute approximate surface area is 447 Å². The summed E-state index contributed by atoms with van der Waals surface area (Å²) >= 11 is 1.21. The van der Waals surface area contributed by atoms with E-state index in [0.717, 1.165) is 29.8 Å². The summed E-state index contributed by atoms with van der Waals surface area (Å²) in [7, 11) is -1.41. The first-order valence-electron chi connectivity index (χ1n) is 24.8. The number of nitrogens with one attached hydrogen (secondary N) is 3. The number of hydrogen-bond donors (Lipinski definition) is 6. The first-order valence-corrected chi connectivity index (χ1v) is 29.7. The van der Waals surface area contributed by atoms with Crippen molar-refractivity contribution in [3.05, 3.63) is 83.7 Å². The van der Waals surface area contributed by atoms with Gasteiger partial charge in [-0.05, 0) is 60.7 Å². The average molecular weight is 1120 g/mol. The fraction of sp³-hybridized carbons (Fsp3) is 0.588. The maximum atomic E-state index is 15.3. The van der Waals surface area contributed by atoms with E-state index >= 15 is 4.39 Å². The van der Waals surface area contributed by atoms with E-state index in [4.69, 9.17) is 39.3 Å². The summed E-state index contributed by atoms with van der Waals surface area (Å²) in [6.07, 6.45) is -2.89. The zero-order chi connectivity index (χ0) is 56.7. The molecule has 0 aliphatic carbocycles. The van der Waals surface area contributed by atoms with Crippen LogP contribution in [0.2, 0.25) is 25.7 Å². The molecule has 2 atom stereocenters. The summed E-state index contributed by atoms with van der Waals surface area (Å²) in [6, 6.07) is 14.2. The molecule has 0 saturated heterocycles. The van der Waals surface area contributed by atoms with E-state index in [1.54, 1.807) is 11.1 Å². The Hall–Kier alpha value is -5.15. The molecule has 1 aromatic heterocycles. The van der Waals surface area contributed by atoms with Crippen molar-refractivity contribution in [2.75, 3.05) is 104 Å². The van der Waals surface area contributed by atoms with Crippen LogP contribution in [0, 0.1) is 17.0 Å². The Balaban J connectivity index is 0.00000263. The van der Waals surface area contributed by atoms with Crippen LogP contribution in [0.15, 0.2) is 60.8 Å². The van der Waals surface area contributed by atoms with Gasteiger partial charge in [-0.25, -0.2) is 18.4 Å². The van der Waals surface area contributed by atoms with Crippen LogP contribution < -0.4 is 21.7 Å². The van der Waals surface area contributed by atoms with Crippen LogP contribution in [0.1, 0.15) is 50.9 Å². The maximum Gasteiger partial charge on any atom is 0.490 e. The molecule has 3 rings (SSSR count). The number of rotatable bonds is 35. The summed E-state index contributed by atoms with van der Waals surface area (Å²) in [5.74, 6) is -5.36. The number of carbonyl (C=O) groups excluding carboxylic acids is 3. The summed E-state index contributed by atoms with van der Waals surface area (Å²) in [6.45, 7) is 17.6. The number of alkyl halides is 3. The Morgan fingerprint density at radius 2 is 1.39 bits per heavy atom. The van der Waals surface area contributed by atoms with Crippen LogP contribution in [-0.2, 0) is 49.4 Å². The smallest absolute Gasteiger partial charge is 0.480 e. The average Bonchev–Trinajstić information content (AvgIpc) is 3.74. The number of benzene rings is 2. The van der Waals surface area contributed by atoms with Gasteiger partial charge in [0.2, 0.25) is 11.8 Å². The number of amides is 3. The molecule has 7 N–H and O–H groups in total. The van der Waals surface area contributed by atoms with Crippen LogP contribution in [0.25, 0.3) is 11.1 Å². The number of carboxylic acids is 2. The second-order valence-corrected chi connectivity index (χ2v) is 26.1. The SMILES string of the molecule is CC(C)(C)C(c1cc(-c2cc(F)ccc2F)cn1Cc1ccccc1)N(CCCNC(=O)OCC[Si](C)(C)C)C(=O)CSCC(NCCCOCCOCCOCCOCCNC(=O)CN)C(=O)O.O=C(O)C(F)(F)F. The highest BCUT2D eigenvalue weighted by Gasteiger charge is 2.39. The van der Waals surface area contributed by atoms with Crippen LogP contribution in [0.5, 0.6) is 0 Å². The van der Waals surface area contributed by atoms with E-state index in [1.165, 1.54) is 11.8 Å². The molecular weight excluding hydrogens is 1040 g/mol. The van der Waals surface area contributed by atoms with E-state index < -0.39 is 61.4 Å². The molecule has 3 amide bonds. The molecule has 76 heavy (non-hydrogen) atoms. The molecule has 25 heteroatoms. The fourth-order valence-corrected chi connectivity index (χ4v) is 8.73. The molecule has 2 unspecified atom stereocenters. The van der Waals surface area contributed by atoms with Crippen molar-refractivity contribution < 1.29 is 79.8 Å². The molecule has 0 aliphatic rings. The van der Waals surface area contributed by atoms with Gasteiger partial charge in [0.25, 0.3) is 0 Å². The topological polar surface area (TPSA) is 242 Å². The molecule has 0 bridgehead atoms. The van der Waals surface area contributed by atoms with Gasteiger partial charge in [0.05, 0.1) is 71.2 Å². The second kappa shape index (κ2) is 35.3. The highest BCUT2D eigenvalue weighted by atomic mass is 32.2. The number of ether oxygens (including phenoxy) is 5. The van der Waals surface area contributed by atoms with E-state index in [1.807, 2.05) is 61.7 Å². The van der Waals surface area contributed by atoms with E-state index in [9.17, 15) is 41.8 Å². The predicted octanol–water partition coefficient (Wildman–Crippen LogP) is 6.79. The van der Waals surface area contributed by atoms with Gasteiger partial charge in [0.15, 0.2) is 0 Å².